The van der Waals surface area contributed by atoms with Gasteiger partial charge in [0, 0.05) is 25.0 Å². The summed E-state index contributed by atoms with van der Waals surface area (Å²) in [5, 5.41) is 0. The second-order valence-electron chi connectivity index (χ2n) is 6.24. The van der Waals surface area contributed by atoms with Crippen molar-refractivity contribution in [2.45, 2.75) is 44.9 Å². The van der Waals surface area contributed by atoms with Gasteiger partial charge in [0.05, 0.1) is 24.2 Å². The minimum absolute atomic E-state index is 0.720. The van der Waals surface area contributed by atoms with Crippen LogP contribution in [0.2, 0.25) is 0 Å². The Morgan fingerprint density at radius 3 is 2.62 bits per heavy atom. The maximum Gasteiger partial charge on any atom is 0.163 e. The number of hydrogen-bond acceptors (Lipinski definition) is 3. The molecule has 21 heavy (non-hydrogen) atoms. The number of aromatic nitrogens is 2. The van der Waals surface area contributed by atoms with Crippen molar-refractivity contribution < 1.29 is 9.47 Å². The number of nitrogens with zero attached hydrogens (tertiary/aromatic N) is 1. The molecule has 1 aliphatic heterocycles. The van der Waals surface area contributed by atoms with Crippen LogP contribution in [0.4, 0.5) is 0 Å². The van der Waals surface area contributed by atoms with Gasteiger partial charge in [-0.15, -0.1) is 0 Å². The molecular formula is C17H22N2O2. The minimum atomic E-state index is 0.720. The van der Waals surface area contributed by atoms with Gasteiger partial charge in [0.25, 0.3) is 0 Å². The van der Waals surface area contributed by atoms with Crippen LogP contribution in [0.5, 0.6) is 11.5 Å². The number of imidazole rings is 1. The molecule has 1 saturated carbocycles. The van der Waals surface area contributed by atoms with Crippen molar-refractivity contribution in [3.63, 3.8) is 0 Å². The molecule has 0 radical (unpaired) electrons. The van der Waals surface area contributed by atoms with E-state index < -0.39 is 0 Å². The van der Waals surface area contributed by atoms with E-state index in [1.54, 1.807) is 0 Å². The monoisotopic (exact) mass is 286 g/mol. The van der Waals surface area contributed by atoms with Crippen LogP contribution in [0.15, 0.2) is 12.1 Å². The molecule has 2 heterocycles. The average molecular weight is 286 g/mol. The molecule has 4 heteroatoms. The van der Waals surface area contributed by atoms with Gasteiger partial charge < -0.3 is 14.5 Å². The number of rotatable bonds is 3. The van der Waals surface area contributed by atoms with Gasteiger partial charge >= 0.3 is 0 Å². The molecule has 1 aliphatic carbocycles. The van der Waals surface area contributed by atoms with Crippen LogP contribution in [0.1, 0.15) is 44.3 Å². The molecule has 0 bridgehead atoms. The van der Waals surface area contributed by atoms with Crippen LogP contribution < -0.4 is 9.47 Å². The van der Waals surface area contributed by atoms with Gasteiger partial charge in [0.2, 0.25) is 0 Å². The summed E-state index contributed by atoms with van der Waals surface area (Å²) in [6.45, 7) is 1.44. The molecule has 1 aromatic heterocycles. The molecular weight excluding hydrogens is 264 g/mol. The number of ether oxygens (including phenoxy) is 2. The molecule has 0 saturated heterocycles. The van der Waals surface area contributed by atoms with Gasteiger partial charge in [-0.3, -0.25) is 0 Å². The highest BCUT2D eigenvalue weighted by Crippen LogP contribution is 2.34. The number of aryl methyl sites for hydroxylation is 1. The predicted octanol–water partition coefficient (Wildman–Crippen LogP) is 3.85. The van der Waals surface area contributed by atoms with Crippen LogP contribution in [0, 0.1) is 5.92 Å². The van der Waals surface area contributed by atoms with E-state index in [0.717, 1.165) is 60.3 Å². The van der Waals surface area contributed by atoms with E-state index in [2.05, 4.69) is 4.98 Å². The van der Waals surface area contributed by atoms with Crippen molar-refractivity contribution in [2.75, 3.05) is 13.2 Å². The van der Waals surface area contributed by atoms with Crippen LogP contribution in [0.25, 0.3) is 11.0 Å². The number of nitrogens with one attached hydrogen (secondary N) is 1. The Morgan fingerprint density at radius 2 is 1.81 bits per heavy atom. The van der Waals surface area contributed by atoms with Crippen molar-refractivity contribution in [3.8, 4) is 11.5 Å². The molecule has 2 aromatic rings. The summed E-state index contributed by atoms with van der Waals surface area (Å²) in [5.41, 5.74) is 2.04. The van der Waals surface area contributed by atoms with E-state index >= 15 is 0 Å². The normalized spacial score (nSPS) is 19.0. The minimum Gasteiger partial charge on any atom is -0.489 e. The fourth-order valence-corrected chi connectivity index (χ4v) is 3.48. The molecule has 1 fully saturated rings. The zero-order chi connectivity index (χ0) is 14.1. The van der Waals surface area contributed by atoms with E-state index in [1.165, 1.54) is 32.1 Å². The lowest BCUT2D eigenvalue weighted by molar-refractivity contribution is 0.297. The summed E-state index contributed by atoms with van der Waals surface area (Å²) >= 11 is 0. The van der Waals surface area contributed by atoms with Crippen molar-refractivity contribution in [1.29, 1.82) is 0 Å². The SMILES string of the molecule is c1c2c(cc3[nH]c(CCC4CCCC4)nc13)OCCCO2. The van der Waals surface area contributed by atoms with Crippen molar-refractivity contribution in [3.05, 3.63) is 18.0 Å². The summed E-state index contributed by atoms with van der Waals surface area (Å²) < 4.78 is 11.5. The topological polar surface area (TPSA) is 47.1 Å². The largest absolute Gasteiger partial charge is 0.489 e. The number of aromatic amines is 1. The third-order valence-corrected chi connectivity index (χ3v) is 4.66. The highest BCUT2D eigenvalue weighted by atomic mass is 16.5. The summed E-state index contributed by atoms with van der Waals surface area (Å²) in [6.07, 6.45) is 8.85. The molecule has 0 atom stereocenters. The predicted molar refractivity (Wildman–Crippen MR) is 82.0 cm³/mol. The lowest BCUT2D eigenvalue weighted by Crippen LogP contribution is -1.98. The Morgan fingerprint density at radius 1 is 1.05 bits per heavy atom. The van der Waals surface area contributed by atoms with Gasteiger partial charge in [-0.2, -0.15) is 0 Å². The maximum absolute atomic E-state index is 5.73. The Bertz CT molecular complexity index is 586. The first-order valence-corrected chi connectivity index (χ1v) is 8.17. The lowest BCUT2D eigenvalue weighted by atomic mass is 10.0. The summed E-state index contributed by atoms with van der Waals surface area (Å²) in [6, 6.07) is 4.04. The molecule has 1 N–H and O–H groups in total. The summed E-state index contributed by atoms with van der Waals surface area (Å²) in [7, 11) is 0. The standard InChI is InChI=1S/C17H22N2O2/c1-2-5-12(4-1)6-7-17-18-13-10-15-16(11-14(13)19-17)21-9-3-8-20-15/h10-12H,1-9H2,(H,18,19). The van der Waals surface area contributed by atoms with E-state index in [9.17, 15) is 0 Å². The molecule has 2 aliphatic rings. The van der Waals surface area contributed by atoms with E-state index in [1.807, 2.05) is 12.1 Å². The Labute approximate surface area is 124 Å². The Hall–Kier alpha value is -1.71. The highest BCUT2D eigenvalue weighted by Gasteiger charge is 2.17. The van der Waals surface area contributed by atoms with Gasteiger partial charge in [-0.05, 0) is 12.3 Å². The first kappa shape index (κ1) is 13.0. The first-order chi connectivity index (χ1) is 10.4. The smallest absolute Gasteiger partial charge is 0.163 e. The fourth-order valence-electron chi connectivity index (χ4n) is 3.48. The van der Waals surface area contributed by atoms with Gasteiger partial charge in [-0.1, -0.05) is 25.7 Å². The first-order valence-electron chi connectivity index (χ1n) is 8.17. The quantitative estimate of drug-likeness (QED) is 0.932. The maximum atomic E-state index is 5.73. The summed E-state index contributed by atoms with van der Waals surface area (Å²) in [4.78, 5) is 8.16. The van der Waals surface area contributed by atoms with Crippen LogP contribution in [-0.4, -0.2) is 23.2 Å². The van der Waals surface area contributed by atoms with Gasteiger partial charge in [0.15, 0.2) is 11.5 Å². The lowest BCUT2D eigenvalue weighted by Gasteiger charge is -2.06. The molecule has 112 valence electrons. The van der Waals surface area contributed by atoms with Crippen LogP contribution in [0.3, 0.4) is 0 Å². The number of hydrogen-bond donors (Lipinski definition) is 1. The molecule has 0 spiro atoms. The molecule has 0 unspecified atom stereocenters. The molecule has 4 nitrogen and oxygen atoms in total. The van der Waals surface area contributed by atoms with Crippen molar-refractivity contribution in [1.82, 2.24) is 9.97 Å². The third-order valence-electron chi connectivity index (χ3n) is 4.66. The van der Waals surface area contributed by atoms with Crippen molar-refractivity contribution >= 4 is 11.0 Å². The Kier molecular flexibility index (Phi) is 3.45. The van der Waals surface area contributed by atoms with E-state index in [-0.39, 0.29) is 0 Å². The molecule has 1 aromatic carbocycles. The number of H-pyrrole nitrogens is 1. The molecule has 0 amide bonds. The second kappa shape index (κ2) is 5.58. The van der Waals surface area contributed by atoms with Gasteiger partial charge in [0.1, 0.15) is 5.82 Å². The van der Waals surface area contributed by atoms with Crippen molar-refractivity contribution in [2.24, 2.45) is 5.92 Å². The highest BCUT2D eigenvalue weighted by molar-refractivity contribution is 5.79. The second-order valence-corrected chi connectivity index (χ2v) is 6.24. The van der Waals surface area contributed by atoms with Crippen LogP contribution >= 0.6 is 0 Å². The van der Waals surface area contributed by atoms with Crippen LogP contribution in [-0.2, 0) is 6.42 Å². The van der Waals surface area contributed by atoms with E-state index in [0.29, 0.717) is 0 Å². The number of benzene rings is 1. The third kappa shape index (κ3) is 2.71. The molecule has 4 rings (SSSR count). The fraction of sp³-hybridized carbons (Fsp3) is 0.588. The number of fused-ring (bicyclic) bond motifs is 2. The van der Waals surface area contributed by atoms with Gasteiger partial charge in [-0.25, -0.2) is 4.98 Å². The zero-order valence-corrected chi connectivity index (χ0v) is 12.4. The zero-order valence-electron chi connectivity index (χ0n) is 12.4. The Balaban J connectivity index is 1.54. The summed E-state index contributed by atoms with van der Waals surface area (Å²) in [5.74, 6) is 3.67. The van der Waals surface area contributed by atoms with E-state index in [4.69, 9.17) is 14.5 Å². The average Bonchev–Trinajstić information content (AvgIpc) is 3.07.